The summed E-state index contributed by atoms with van der Waals surface area (Å²) in [6.45, 7) is 2.02. The quantitative estimate of drug-likeness (QED) is 0.609. The molecule has 0 unspecified atom stereocenters. The van der Waals surface area contributed by atoms with Crippen LogP contribution in [0.15, 0.2) is 54.7 Å². The third kappa shape index (κ3) is 2.92. The first-order chi connectivity index (χ1) is 12.6. The molecule has 0 bridgehead atoms. The van der Waals surface area contributed by atoms with E-state index in [9.17, 15) is 4.79 Å². The van der Waals surface area contributed by atoms with Gasteiger partial charge in [0.05, 0.1) is 22.2 Å². The van der Waals surface area contributed by atoms with Crippen LogP contribution in [-0.4, -0.2) is 20.4 Å². The maximum Gasteiger partial charge on any atom is 0.224 e. The predicted molar refractivity (Wildman–Crippen MR) is 104 cm³/mol. The molecule has 5 nitrogen and oxygen atoms in total. The Morgan fingerprint density at radius 1 is 1.12 bits per heavy atom. The van der Waals surface area contributed by atoms with Gasteiger partial charge in [0.2, 0.25) is 5.91 Å². The number of hydrogen-bond acceptors (Lipinski definition) is 3. The molecule has 4 aromatic rings. The second kappa shape index (κ2) is 6.59. The van der Waals surface area contributed by atoms with Crippen LogP contribution in [0.1, 0.15) is 17.8 Å². The Morgan fingerprint density at radius 2 is 1.96 bits per heavy atom. The molecular formula is C21H20N4O. The smallest absolute Gasteiger partial charge is 0.224 e. The van der Waals surface area contributed by atoms with E-state index in [-0.39, 0.29) is 5.91 Å². The number of aryl methyl sites for hydroxylation is 3. The monoisotopic (exact) mass is 344 g/mol. The number of para-hydroxylation sites is 2. The Hall–Kier alpha value is -3.21. The van der Waals surface area contributed by atoms with Gasteiger partial charge in [0.1, 0.15) is 5.82 Å². The van der Waals surface area contributed by atoms with Crippen molar-refractivity contribution in [3.63, 3.8) is 0 Å². The molecule has 1 N–H and O–H groups in total. The molecule has 0 saturated heterocycles. The average Bonchev–Trinajstić information content (AvgIpc) is 2.99. The Labute approximate surface area is 151 Å². The van der Waals surface area contributed by atoms with Gasteiger partial charge in [0.25, 0.3) is 0 Å². The van der Waals surface area contributed by atoms with Crippen LogP contribution in [0.25, 0.3) is 21.9 Å². The largest absolute Gasteiger partial charge is 0.331 e. The molecule has 0 spiro atoms. The van der Waals surface area contributed by atoms with Crippen molar-refractivity contribution >= 4 is 33.5 Å². The van der Waals surface area contributed by atoms with E-state index in [4.69, 9.17) is 0 Å². The maximum absolute atomic E-state index is 12.5. The van der Waals surface area contributed by atoms with Crippen LogP contribution in [0.2, 0.25) is 0 Å². The van der Waals surface area contributed by atoms with Crippen LogP contribution in [0.5, 0.6) is 0 Å². The summed E-state index contributed by atoms with van der Waals surface area (Å²) in [5.41, 5.74) is 4.85. The summed E-state index contributed by atoms with van der Waals surface area (Å²) in [6.07, 6.45) is 2.75. The van der Waals surface area contributed by atoms with Crippen molar-refractivity contribution in [3.8, 4) is 0 Å². The van der Waals surface area contributed by atoms with Gasteiger partial charge in [0.15, 0.2) is 0 Å². The van der Waals surface area contributed by atoms with E-state index in [1.54, 1.807) is 6.20 Å². The van der Waals surface area contributed by atoms with E-state index in [1.807, 2.05) is 67.1 Å². The van der Waals surface area contributed by atoms with Crippen LogP contribution >= 0.6 is 0 Å². The Balaban J connectivity index is 1.51. The molecule has 2 aromatic carbocycles. The SMILES string of the molecule is Cc1ccc(NC(=O)CCc2nc3ccccc3n2C)c2cccnc12. The molecule has 0 aliphatic heterocycles. The first kappa shape index (κ1) is 16.3. The molecule has 0 fully saturated rings. The topological polar surface area (TPSA) is 59.8 Å². The highest BCUT2D eigenvalue weighted by Crippen LogP contribution is 2.24. The number of carbonyl (C=O) groups is 1. The number of rotatable bonds is 4. The molecule has 1 amide bonds. The highest BCUT2D eigenvalue weighted by molar-refractivity contribution is 6.01. The van der Waals surface area contributed by atoms with Gasteiger partial charge < -0.3 is 9.88 Å². The minimum Gasteiger partial charge on any atom is -0.331 e. The third-order valence-corrected chi connectivity index (χ3v) is 4.70. The number of carbonyl (C=O) groups excluding carboxylic acids is 1. The number of anilines is 1. The zero-order chi connectivity index (χ0) is 18.1. The highest BCUT2D eigenvalue weighted by Gasteiger charge is 2.11. The van der Waals surface area contributed by atoms with Crippen molar-refractivity contribution in [1.29, 1.82) is 0 Å². The van der Waals surface area contributed by atoms with E-state index in [1.165, 1.54) is 0 Å². The van der Waals surface area contributed by atoms with E-state index in [0.29, 0.717) is 12.8 Å². The number of hydrogen-bond donors (Lipinski definition) is 1. The number of imidazole rings is 1. The van der Waals surface area contributed by atoms with Crippen molar-refractivity contribution in [1.82, 2.24) is 14.5 Å². The molecular weight excluding hydrogens is 324 g/mol. The molecule has 26 heavy (non-hydrogen) atoms. The van der Waals surface area contributed by atoms with Gasteiger partial charge in [0, 0.05) is 31.5 Å². The number of fused-ring (bicyclic) bond motifs is 2. The number of nitrogens with zero attached hydrogens (tertiary/aromatic N) is 3. The molecule has 130 valence electrons. The summed E-state index contributed by atoms with van der Waals surface area (Å²) in [5, 5.41) is 3.98. The first-order valence-corrected chi connectivity index (χ1v) is 8.68. The third-order valence-electron chi connectivity index (χ3n) is 4.70. The van der Waals surface area contributed by atoms with Crippen LogP contribution in [-0.2, 0) is 18.3 Å². The van der Waals surface area contributed by atoms with Gasteiger partial charge >= 0.3 is 0 Å². The fraction of sp³-hybridized carbons (Fsp3) is 0.190. The summed E-state index contributed by atoms with van der Waals surface area (Å²) in [5.74, 6) is 0.892. The highest BCUT2D eigenvalue weighted by atomic mass is 16.1. The van der Waals surface area contributed by atoms with Crippen molar-refractivity contribution in [2.24, 2.45) is 7.05 Å². The predicted octanol–water partition coefficient (Wildman–Crippen LogP) is 4.00. The van der Waals surface area contributed by atoms with Crippen molar-refractivity contribution in [3.05, 3.63) is 66.1 Å². The number of benzene rings is 2. The Bertz CT molecular complexity index is 1110. The van der Waals surface area contributed by atoms with Gasteiger partial charge in [-0.3, -0.25) is 9.78 Å². The van der Waals surface area contributed by atoms with Gasteiger partial charge in [-0.25, -0.2) is 4.98 Å². The average molecular weight is 344 g/mol. The number of nitrogens with one attached hydrogen (secondary N) is 1. The lowest BCUT2D eigenvalue weighted by Crippen LogP contribution is -2.14. The zero-order valence-electron chi connectivity index (χ0n) is 14.9. The fourth-order valence-corrected chi connectivity index (χ4v) is 3.28. The molecule has 0 aliphatic carbocycles. The molecule has 0 atom stereocenters. The number of amides is 1. The normalized spacial score (nSPS) is 11.2. The van der Waals surface area contributed by atoms with E-state index >= 15 is 0 Å². The summed E-state index contributed by atoms with van der Waals surface area (Å²) in [4.78, 5) is 21.5. The van der Waals surface area contributed by atoms with Gasteiger partial charge in [-0.2, -0.15) is 0 Å². The van der Waals surface area contributed by atoms with Crippen LogP contribution < -0.4 is 5.32 Å². The standard InChI is InChI=1S/C21H20N4O/c1-14-9-10-16(15-6-5-13-22-21(14)15)24-20(26)12-11-19-23-17-7-3-4-8-18(17)25(19)2/h3-10,13H,11-12H2,1-2H3,(H,24,26). The molecule has 2 aromatic heterocycles. The molecule has 0 saturated carbocycles. The van der Waals surface area contributed by atoms with Crippen LogP contribution in [0, 0.1) is 6.92 Å². The lowest BCUT2D eigenvalue weighted by atomic mass is 10.1. The number of aromatic nitrogens is 3. The van der Waals surface area contributed by atoms with Crippen LogP contribution in [0.3, 0.4) is 0 Å². The van der Waals surface area contributed by atoms with Gasteiger partial charge in [-0.05, 0) is 42.8 Å². The number of pyridine rings is 1. The van der Waals surface area contributed by atoms with E-state index < -0.39 is 0 Å². The second-order valence-corrected chi connectivity index (χ2v) is 6.45. The lowest BCUT2D eigenvalue weighted by molar-refractivity contribution is -0.116. The van der Waals surface area contributed by atoms with Crippen LogP contribution in [0.4, 0.5) is 5.69 Å². The minimum absolute atomic E-state index is 0.0222. The minimum atomic E-state index is -0.0222. The van der Waals surface area contributed by atoms with Gasteiger partial charge in [-0.1, -0.05) is 18.2 Å². The second-order valence-electron chi connectivity index (χ2n) is 6.45. The molecule has 2 heterocycles. The van der Waals surface area contributed by atoms with Crippen molar-refractivity contribution in [2.45, 2.75) is 19.8 Å². The lowest BCUT2D eigenvalue weighted by Gasteiger charge is -2.10. The summed E-state index contributed by atoms with van der Waals surface area (Å²) in [7, 11) is 1.99. The van der Waals surface area contributed by atoms with Gasteiger partial charge in [-0.15, -0.1) is 0 Å². The zero-order valence-corrected chi connectivity index (χ0v) is 14.9. The Kier molecular flexibility index (Phi) is 4.13. The van der Waals surface area contributed by atoms with E-state index in [2.05, 4.69) is 15.3 Å². The molecule has 0 radical (unpaired) electrons. The van der Waals surface area contributed by atoms with Crippen molar-refractivity contribution < 1.29 is 4.79 Å². The maximum atomic E-state index is 12.5. The molecule has 5 heteroatoms. The first-order valence-electron chi connectivity index (χ1n) is 8.68. The van der Waals surface area contributed by atoms with E-state index in [0.717, 1.165) is 39.0 Å². The summed E-state index contributed by atoms with van der Waals surface area (Å²) in [6, 6.07) is 15.8. The van der Waals surface area contributed by atoms with Crippen molar-refractivity contribution in [2.75, 3.05) is 5.32 Å². The summed E-state index contributed by atoms with van der Waals surface area (Å²) < 4.78 is 2.05. The fourth-order valence-electron chi connectivity index (χ4n) is 3.28. The molecule has 0 aliphatic rings. The Morgan fingerprint density at radius 3 is 2.81 bits per heavy atom. The summed E-state index contributed by atoms with van der Waals surface area (Å²) >= 11 is 0. The molecule has 4 rings (SSSR count).